The molecule has 1 heterocycles. The average molecular weight is 275 g/mol. The van der Waals surface area contributed by atoms with Crippen LogP contribution in [-0.4, -0.2) is 18.1 Å². The van der Waals surface area contributed by atoms with Crippen LogP contribution in [0.5, 0.6) is 0 Å². The summed E-state index contributed by atoms with van der Waals surface area (Å²) in [5.41, 5.74) is 1.54. The van der Waals surface area contributed by atoms with Gasteiger partial charge in [-0.1, -0.05) is 18.2 Å². The van der Waals surface area contributed by atoms with Crippen LogP contribution >= 0.6 is 0 Å². The van der Waals surface area contributed by atoms with Gasteiger partial charge in [0.05, 0.1) is 13.5 Å². The minimum absolute atomic E-state index is 0.116. The van der Waals surface area contributed by atoms with Crippen molar-refractivity contribution in [2.45, 2.75) is 13.3 Å². The van der Waals surface area contributed by atoms with Gasteiger partial charge in [0.15, 0.2) is 0 Å². The SMILES string of the molecule is COC(=O)Cc1ccc(-c2cccc(=O)[nH]2)c(C)c1F. The summed E-state index contributed by atoms with van der Waals surface area (Å²) in [6, 6.07) is 7.90. The summed E-state index contributed by atoms with van der Waals surface area (Å²) in [5.74, 6) is -0.957. The standard InChI is InChI=1S/C15H14FNO3/c1-9-11(12-4-3-5-13(18)17-12)7-6-10(15(9)16)8-14(19)20-2/h3-7H,8H2,1-2H3,(H,17,18). The third-order valence-corrected chi connectivity index (χ3v) is 3.09. The number of pyridine rings is 1. The lowest BCUT2D eigenvalue weighted by Gasteiger charge is -2.10. The van der Waals surface area contributed by atoms with Gasteiger partial charge in [-0.05, 0) is 24.1 Å². The number of nitrogens with one attached hydrogen (secondary N) is 1. The fourth-order valence-electron chi connectivity index (χ4n) is 2.00. The van der Waals surface area contributed by atoms with Gasteiger partial charge < -0.3 is 9.72 Å². The quantitative estimate of drug-likeness (QED) is 0.874. The highest BCUT2D eigenvalue weighted by Crippen LogP contribution is 2.25. The minimum Gasteiger partial charge on any atom is -0.469 e. The maximum atomic E-state index is 14.2. The van der Waals surface area contributed by atoms with Gasteiger partial charge in [0.1, 0.15) is 5.82 Å². The Morgan fingerprint density at radius 1 is 1.30 bits per heavy atom. The number of aromatic amines is 1. The molecule has 0 aliphatic carbocycles. The van der Waals surface area contributed by atoms with E-state index in [0.717, 1.165) is 0 Å². The molecular formula is C15H14FNO3. The number of hydrogen-bond donors (Lipinski definition) is 1. The molecule has 104 valence electrons. The van der Waals surface area contributed by atoms with Gasteiger partial charge in [-0.25, -0.2) is 4.39 Å². The number of esters is 1. The molecule has 0 amide bonds. The number of hydrogen-bond acceptors (Lipinski definition) is 3. The van der Waals surface area contributed by atoms with E-state index in [1.165, 1.54) is 19.2 Å². The first-order valence-corrected chi connectivity index (χ1v) is 6.07. The van der Waals surface area contributed by atoms with Crippen molar-refractivity contribution >= 4 is 5.97 Å². The molecule has 0 bridgehead atoms. The Hall–Kier alpha value is -2.43. The lowest BCUT2D eigenvalue weighted by atomic mass is 9.99. The Morgan fingerprint density at radius 3 is 2.70 bits per heavy atom. The Balaban J connectivity index is 2.46. The van der Waals surface area contributed by atoms with Crippen molar-refractivity contribution in [2.75, 3.05) is 7.11 Å². The zero-order valence-corrected chi connectivity index (χ0v) is 11.2. The number of methoxy groups -OCH3 is 1. The Bertz CT molecular complexity index is 707. The van der Waals surface area contributed by atoms with Crippen LogP contribution in [0, 0.1) is 12.7 Å². The molecule has 1 aromatic heterocycles. The maximum Gasteiger partial charge on any atom is 0.310 e. The van der Waals surface area contributed by atoms with E-state index in [1.54, 1.807) is 25.1 Å². The number of aromatic nitrogens is 1. The molecule has 0 radical (unpaired) electrons. The summed E-state index contributed by atoms with van der Waals surface area (Å²) in [5, 5.41) is 0. The molecule has 0 aliphatic heterocycles. The number of H-pyrrole nitrogens is 1. The molecule has 1 N–H and O–H groups in total. The number of benzene rings is 1. The van der Waals surface area contributed by atoms with E-state index in [2.05, 4.69) is 9.72 Å². The van der Waals surface area contributed by atoms with E-state index in [9.17, 15) is 14.0 Å². The monoisotopic (exact) mass is 275 g/mol. The van der Waals surface area contributed by atoms with Crippen molar-refractivity contribution in [2.24, 2.45) is 0 Å². The topological polar surface area (TPSA) is 59.2 Å². The second-order valence-electron chi connectivity index (χ2n) is 4.39. The van der Waals surface area contributed by atoms with Crippen LogP contribution in [0.3, 0.4) is 0 Å². The lowest BCUT2D eigenvalue weighted by Crippen LogP contribution is -2.08. The Kier molecular flexibility index (Phi) is 3.98. The second kappa shape index (κ2) is 5.69. The Morgan fingerprint density at radius 2 is 2.05 bits per heavy atom. The van der Waals surface area contributed by atoms with Gasteiger partial charge in [-0.15, -0.1) is 0 Å². The van der Waals surface area contributed by atoms with Gasteiger partial charge in [0.2, 0.25) is 5.56 Å². The molecular weight excluding hydrogens is 261 g/mol. The van der Waals surface area contributed by atoms with Crippen LogP contribution in [0.15, 0.2) is 35.1 Å². The van der Waals surface area contributed by atoms with Crippen LogP contribution < -0.4 is 5.56 Å². The Labute approximate surface area is 115 Å². The predicted molar refractivity (Wildman–Crippen MR) is 72.9 cm³/mol. The summed E-state index contributed by atoms with van der Waals surface area (Å²) in [6.07, 6.45) is -0.116. The van der Waals surface area contributed by atoms with Crippen molar-refractivity contribution in [3.8, 4) is 11.3 Å². The molecule has 0 atom stereocenters. The van der Waals surface area contributed by atoms with E-state index < -0.39 is 11.8 Å². The molecule has 2 rings (SSSR count). The van der Waals surface area contributed by atoms with Gasteiger partial charge in [-0.2, -0.15) is 0 Å². The van der Waals surface area contributed by atoms with Crippen LogP contribution in [0.2, 0.25) is 0 Å². The van der Waals surface area contributed by atoms with Crippen molar-refractivity contribution in [1.82, 2.24) is 4.98 Å². The number of halogens is 1. The van der Waals surface area contributed by atoms with E-state index in [-0.39, 0.29) is 17.5 Å². The fourth-order valence-corrected chi connectivity index (χ4v) is 2.00. The van der Waals surface area contributed by atoms with Gasteiger partial charge in [0, 0.05) is 17.3 Å². The van der Waals surface area contributed by atoms with E-state index in [0.29, 0.717) is 16.8 Å². The third-order valence-electron chi connectivity index (χ3n) is 3.09. The number of rotatable bonds is 3. The van der Waals surface area contributed by atoms with Gasteiger partial charge in [-0.3, -0.25) is 9.59 Å². The highest BCUT2D eigenvalue weighted by molar-refractivity contribution is 5.73. The fraction of sp³-hybridized carbons (Fsp3) is 0.200. The smallest absolute Gasteiger partial charge is 0.310 e. The molecule has 0 aliphatic rings. The molecule has 20 heavy (non-hydrogen) atoms. The highest BCUT2D eigenvalue weighted by atomic mass is 19.1. The molecule has 0 unspecified atom stereocenters. The zero-order chi connectivity index (χ0) is 14.7. The first-order chi connectivity index (χ1) is 9.52. The summed E-state index contributed by atoms with van der Waals surface area (Å²) in [4.78, 5) is 25.2. The highest BCUT2D eigenvalue weighted by Gasteiger charge is 2.14. The first kappa shape index (κ1) is 14.0. The molecule has 5 heteroatoms. The van der Waals surface area contributed by atoms with E-state index >= 15 is 0 Å². The average Bonchev–Trinajstić information content (AvgIpc) is 2.44. The maximum absolute atomic E-state index is 14.2. The van der Waals surface area contributed by atoms with Crippen molar-refractivity contribution in [1.29, 1.82) is 0 Å². The molecule has 0 saturated heterocycles. The minimum atomic E-state index is -0.496. The molecule has 4 nitrogen and oxygen atoms in total. The second-order valence-corrected chi connectivity index (χ2v) is 4.39. The van der Waals surface area contributed by atoms with Crippen molar-refractivity contribution in [3.05, 3.63) is 57.6 Å². The molecule has 1 aromatic carbocycles. The first-order valence-electron chi connectivity index (χ1n) is 6.07. The van der Waals surface area contributed by atoms with Crippen molar-refractivity contribution < 1.29 is 13.9 Å². The predicted octanol–water partition coefficient (Wildman–Crippen LogP) is 2.20. The van der Waals surface area contributed by atoms with Gasteiger partial charge >= 0.3 is 5.97 Å². The summed E-state index contributed by atoms with van der Waals surface area (Å²) >= 11 is 0. The van der Waals surface area contributed by atoms with E-state index in [4.69, 9.17) is 0 Å². The third kappa shape index (κ3) is 2.77. The number of ether oxygens (including phenoxy) is 1. The van der Waals surface area contributed by atoms with Crippen LogP contribution in [-0.2, 0) is 16.0 Å². The van der Waals surface area contributed by atoms with Crippen LogP contribution in [0.25, 0.3) is 11.3 Å². The molecule has 0 fully saturated rings. The van der Waals surface area contributed by atoms with Gasteiger partial charge in [0.25, 0.3) is 0 Å². The molecule has 0 spiro atoms. The van der Waals surface area contributed by atoms with Crippen LogP contribution in [0.4, 0.5) is 4.39 Å². The molecule has 0 saturated carbocycles. The normalized spacial score (nSPS) is 10.3. The summed E-state index contributed by atoms with van der Waals surface area (Å²) < 4.78 is 18.8. The number of carbonyl (C=O) groups excluding carboxylic acids is 1. The summed E-state index contributed by atoms with van der Waals surface area (Å²) in [7, 11) is 1.26. The van der Waals surface area contributed by atoms with Crippen molar-refractivity contribution in [3.63, 3.8) is 0 Å². The lowest BCUT2D eigenvalue weighted by molar-refractivity contribution is -0.139. The largest absolute Gasteiger partial charge is 0.469 e. The zero-order valence-electron chi connectivity index (χ0n) is 11.2. The summed E-state index contributed by atoms with van der Waals surface area (Å²) in [6.45, 7) is 1.61. The van der Waals surface area contributed by atoms with E-state index in [1.807, 2.05) is 0 Å². The number of carbonyl (C=O) groups is 1. The van der Waals surface area contributed by atoms with Crippen LogP contribution in [0.1, 0.15) is 11.1 Å². The molecule has 2 aromatic rings.